The molecule has 7 nitrogen and oxygen atoms in total. The lowest BCUT2D eigenvalue weighted by molar-refractivity contribution is -0.160. The van der Waals surface area contributed by atoms with Crippen LogP contribution in [0.15, 0.2) is 29.2 Å². The van der Waals surface area contributed by atoms with Crippen molar-refractivity contribution < 1.29 is 27.1 Å². The number of piperidine rings is 1. The molecular weight excluding hydrogens is 423 g/mol. The van der Waals surface area contributed by atoms with Crippen molar-refractivity contribution in [3.63, 3.8) is 0 Å². The van der Waals surface area contributed by atoms with Gasteiger partial charge < -0.3 is 10.1 Å². The summed E-state index contributed by atoms with van der Waals surface area (Å²) in [7, 11) is -3.74. The summed E-state index contributed by atoms with van der Waals surface area (Å²) in [6.45, 7) is 4.02. The molecule has 1 aromatic carbocycles. The molecular formula is C22H31FN2O5S. The monoisotopic (exact) mass is 454 g/mol. The van der Waals surface area contributed by atoms with Gasteiger partial charge in [0.2, 0.25) is 10.0 Å². The van der Waals surface area contributed by atoms with Gasteiger partial charge in [-0.1, -0.05) is 19.8 Å². The van der Waals surface area contributed by atoms with Gasteiger partial charge in [0.05, 0.1) is 10.8 Å². The molecule has 3 rings (SSSR count). The maximum atomic E-state index is 13.1. The molecule has 3 atom stereocenters. The highest BCUT2D eigenvalue weighted by molar-refractivity contribution is 7.89. The Hall–Kier alpha value is -2.00. The van der Waals surface area contributed by atoms with E-state index in [1.807, 2.05) is 0 Å². The molecule has 1 aromatic rings. The average Bonchev–Trinajstić information content (AvgIpc) is 2.75. The van der Waals surface area contributed by atoms with E-state index < -0.39 is 33.8 Å². The van der Waals surface area contributed by atoms with Crippen LogP contribution in [0.5, 0.6) is 0 Å². The van der Waals surface area contributed by atoms with E-state index in [1.165, 1.54) is 22.9 Å². The van der Waals surface area contributed by atoms with Crippen molar-refractivity contribution in [2.24, 2.45) is 11.8 Å². The predicted octanol–water partition coefficient (Wildman–Crippen LogP) is 2.85. The van der Waals surface area contributed by atoms with Crippen LogP contribution >= 0.6 is 0 Å². The molecule has 0 radical (unpaired) electrons. The molecule has 1 N–H and O–H groups in total. The van der Waals surface area contributed by atoms with Gasteiger partial charge >= 0.3 is 5.97 Å². The zero-order chi connectivity index (χ0) is 22.6. The Kier molecular flexibility index (Phi) is 7.69. The second-order valence-corrected chi connectivity index (χ2v) is 10.5. The number of halogens is 1. The van der Waals surface area contributed by atoms with Gasteiger partial charge in [0, 0.05) is 19.1 Å². The van der Waals surface area contributed by atoms with Crippen molar-refractivity contribution >= 4 is 21.9 Å². The van der Waals surface area contributed by atoms with Crippen LogP contribution in [0.25, 0.3) is 0 Å². The average molecular weight is 455 g/mol. The van der Waals surface area contributed by atoms with Crippen LogP contribution in [0.1, 0.15) is 52.4 Å². The number of ether oxygens (including phenoxy) is 1. The Balaban J connectivity index is 1.49. The number of carbonyl (C=O) groups is 2. The zero-order valence-corrected chi connectivity index (χ0v) is 18.9. The van der Waals surface area contributed by atoms with Crippen LogP contribution in [0.4, 0.5) is 4.39 Å². The second-order valence-electron chi connectivity index (χ2n) is 8.59. The Bertz CT molecular complexity index is 882. The Morgan fingerprint density at radius 2 is 1.71 bits per heavy atom. The van der Waals surface area contributed by atoms with Crippen LogP contribution in [0, 0.1) is 17.7 Å². The predicted molar refractivity (Wildman–Crippen MR) is 113 cm³/mol. The topological polar surface area (TPSA) is 92.8 Å². The Morgan fingerprint density at radius 3 is 2.32 bits per heavy atom. The largest absolute Gasteiger partial charge is 0.452 e. The summed E-state index contributed by atoms with van der Waals surface area (Å²) < 4.78 is 45.1. The molecule has 0 unspecified atom stereocenters. The van der Waals surface area contributed by atoms with Crippen LogP contribution in [0.2, 0.25) is 0 Å². The molecule has 2 fully saturated rings. The van der Waals surface area contributed by atoms with E-state index in [2.05, 4.69) is 12.2 Å². The van der Waals surface area contributed by atoms with E-state index in [9.17, 15) is 22.4 Å². The standard InChI is InChI=1S/C22H31FN2O5S/c1-15-5-3-4-6-20(15)24-21(26)16(2)30-22(27)17-11-13-25(14-12-17)31(28,29)19-9-7-18(23)8-10-19/h7-10,15-17,20H,3-6,11-14H2,1-2H3,(H,24,26)/t15-,16-,20+/m0/s1. The number of nitrogens with zero attached hydrogens (tertiary/aromatic N) is 1. The number of nitrogens with one attached hydrogen (secondary N) is 1. The lowest BCUT2D eigenvalue weighted by atomic mass is 9.86. The summed E-state index contributed by atoms with van der Waals surface area (Å²) in [4.78, 5) is 25.0. The number of carbonyl (C=O) groups excluding carboxylic acids is 2. The molecule has 1 saturated carbocycles. The van der Waals surface area contributed by atoms with Crippen molar-refractivity contribution in [3.8, 4) is 0 Å². The molecule has 31 heavy (non-hydrogen) atoms. The first kappa shape index (κ1) is 23.7. The summed E-state index contributed by atoms with van der Waals surface area (Å²) in [6.07, 6.45) is 4.02. The number of amides is 1. The molecule has 9 heteroatoms. The first-order valence-corrected chi connectivity index (χ1v) is 12.4. The van der Waals surface area contributed by atoms with E-state index in [1.54, 1.807) is 6.92 Å². The highest BCUT2D eigenvalue weighted by atomic mass is 32.2. The molecule has 0 bridgehead atoms. The van der Waals surface area contributed by atoms with Crippen LogP contribution in [-0.4, -0.2) is 49.8 Å². The van der Waals surface area contributed by atoms with Gasteiger partial charge in [0.1, 0.15) is 5.82 Å². The maximum absolute atomic E-state index is 13.1. The van der Waals surface area contributed by atoms with Crippen LogP contribution in [0.3, 0.4) is 0 Å². The molecule has 2 aliphatic rings. The third-order valence-electron chi connectivity index (χ3n) is 6.34. The van der Waals surface area contributed by atoms with Crippen molar-refractivity contribution in [1.29, 1.82) is 0 Å². The van der Waals surface area contributed by atoms with Crippen molar-refractivity contribution in [3.05, 3.63) is 30.1 Å². The van der Waals surface area contributed by atoms with Crippen LogP contribution < -0.4 is 5.32 Å². The molecule has 1 aliphatic carbocycles. The van der Waals surface area contributed by atoms with Crippen LogP contribution in [-0.2, 0) is 24.3 Å². The smallest absolute Gasteiger partial charge is 0.309 e. The van der Waals surface area contributed by atoms with E-state index in [0.717, 1.165) is 31.4 Å². The Morgan fingerprint density at radius 1 is 1.10 bits per heavy atom. The molecule has 1 saturated heterocycles. The maximum Gasteiger partial charge on any atom is 0.309 e. The quantitative estimate of drug-likeness (QED) is 0.668. The van der Waals surface area contributed by atoms with Gasteiger partial charge in [-0.05, 0) is 62.8 Å². The minimum absolute atomic E-state index is 0.0251. The first-order chi connectivity index (χ1) is 14.7. The fraction of sp³-hybridized carbons (Fsp3) is 0.636. The number of rotatable bonds is 6. The fourth-order valence-electron chi connectivity index (χ4n) is 4.24. The van der Waals surface area contributed by atoms with E-state index in [-0.39, 0.29) is 29.9 Å². The lowest BCUT2D eigenvalue weighted by Crippen LogP contribution is -2.47. The summed E-state index contributed by atoms with van der Waals surface area (Å²) in [5.74, 6) is -1.31. The summed E-state index contributed by atoms with van der Waals surface area (Å²) >= 11 is 0. The highest BCUT2D eigenvalue weighted by Gasteiger charge is 2.34. The number of hydrogen-bond acceptors (Lipinski definition) is 5. The van der Waals surface area contributed by atoms with Gasteiger partial charge in [0.15, 0.2) is 6.10 Å². The SMILES string of the molecule is C[C@H](OC(=O)C1CCN(S(=O)(=O)c2ccc(F)cc2)CC1)C(=O)N[C@@H]1CCCC[C@@H]1C. The highest BCUT2D eigenvalue weighted by Crippen LogP contribution is 2.26. The molecule has 1 heterocycles. The number of benzene rings is 1. The number of hydrogen-bond donors (Lipinski definition) is 1. The van der Waals surface area contributed by atoms with Gasteiger partial charge in [-0.25, -0.2) is 12.8 Å². The van der Waals surface area contributed by atoms with E-state index in [0.29, 0.717) is 18.8 Å². The third-order valence-corrected chi connectivity index (χ3v) is 8.25. The normalized spacial score (nSPS) is 24.4. The number of sulfonamides is 1. The van der Waals surface area contributed by atoms with Crippen molar-refractivity contribution in [2.75, 3.05) is 13.1 Å². The molecule has 172 valence electrons. The van der Waals surface area contributed by atoms with Crippen molar-refractivity contribution in [2.45, 2.75) is 69.4 Å². The second kappa shape index (κ2) is 10.1. The number of esters is 1. The van der Waals surface area contributed by atoms with Gasteiger partial charge in [-0.2, -0.15) is 4.31 Å². The van der Waals surface area contributed by atoms with Gasteiger partial charge in [0.25, 0.3) is 5.91 Å². The zero-order valence-electron chi connectivity index (χ0n) is 18.1. The van der Waals surface area contributed by atoms with Crippen molar-refractivity contribution in [1.82, 2.24) is 9.62 Å². The fourth-order valence-corrected chi connectivity index (χ4v) is 5.71. The summed E-state index contributed by atoms with van der Waals surface area (Å²) in [5, 5.41) is 3.00. The van der Waals surface area contributed by atoms with Gasteiger partial charge in [-0.15, -0.1) is 0 Å². The Labute approximate surface area is 183 Å². The first-order valence-electron chi connectivity index (χ1n) is 10.9. The van der Waals surface area contributed by atoms with E-state index >= 15 is 0 Å². The lowest BCUT2D eigenvalue weighted by Gasteiger charge is -2.32. The molecule has 0 spiro atoms. The van der Waals surface area contributed by atoms with Gasteiger partial charge in [-0.3, -0.25) is 9.59 Å². The minimum atomic E-state index is -3.74. The summed E-state index contributed by atoms with van der Waals surface area (Å²) in [5.41, 5.74) is 0. The van der Waals surface area contributed by atoms with E-state index in [4.69, 9.17) is 4.74 Å². The third kappa shape index (κ3) is 5.83. The molecule has 1 amide bonds. The molecule has 0 aromatic heterocycles. The summed E-state index contributed by atoms with van der Waals surface area (Å²) in [6, 6.07) is 4.80. The molecule has 1 aliphatic heterocycles. The minimum Gasteiger partial charge on any atom is -0.452 e.